The molecule has 0 radical (unpaired) electrons. The molecule has 7 heteroatoms. The van der Waals surface area contributed by atoms with E-state index in [1.807, 2.05) is 30.8 Å². The standard InChI is InChI=1S/C18H25N3O3S/c1-11(2)21-17-13-8-14(18-23-12(3)24-18)16(22-6-5-7-25-4)9-15(13)19-10-20-17/h8-12,18H,5-7H2,1-4H3,(H,19,20,21). The Bertz CT molecular complexity index is 720. The Morgan fingerprint density at radius 2 is 2.08 bits per heavy atom. The molecule has 1 aliphatic rings. The van der Waals surface area contributed by atoms with Crippen molar-refractivity contribution in [3.05, 3.63) is 24.0 Å². The Balaban J connectivity index is 1.94. The molecule has 6 nitrogen and oxygen atoms in total. The molecule has 0 unspecified atom stereocenters. The predicted molar refractivity (Wildman–Crippen MR) is 101 cm³/mol. The third-order valence-corrected chi connectivity index (χ3v) is 4.52. The molecule has 1 N–H and O–H groups in total. The van der Waals surface area contributed by atoms with Crippen molar-refractivity contribution in [3.63, 3.8) is 0 Å². The van der Waals surface area contributed by atoms with Crippen LogP contribution in [0.5, 0.6) is 5.75 Å². The molecule has 1 aromatic carbocycles. The molecule has 2 heterocycles. The first-order valence-corrected chi connectivity index (χ1v) is 9.95. The number of benzene rings is 1. The first-order valence-electron chi connectivity index (χ1n) is 8.56. The summed E-state index contributed by atoms with van der Waals surface area (Å²) in [7, 11) is 0. The predicted octanol–water partition coefficient (Wildman–Crippen LogP) is 3.97. The van der Waals surface area contributed by atoms with Crippen LogP contribution in [-0.2, 0) is 9.47 Å². The lowest BCUT2D eigenvalue weighted by Crippen LogP contribution is -2.32. The van der Waals surface area contributed by atoms with Crippen LogP contribution in [0.4, 0.5) is 5.82 Å². The zero-order chi connectivity index (χ0) is 17.8. The van der Waals surface area contributed by atoms with Gasteiger partial charge in [0, 0.05) is 17.5 Å². The van der Waals surface area contributed by atoms with Crippen LogP contribution in [0.2, 0.25) is 0 Å². The van der Waals surface area contributed by atoms with E-state index in [0.29, 0.717) is 6.61 Å². The van der Waals surface area contributed by atoms with Gasteiger partial charge in [0.15, 0.2) is 12.6 Å². The minimum absolute atomic E-state index is 0.190. The molecule has 0 aliphatic carbocycles. The highest BCUT2D eigenvalue weighted by molar-refractivity contribution is 7.98. The second-order valence-corrected chi connectivity index (χ2v) is 7.28. The lowest BCUT2D eigenvalue weighted by Gasteiger charge is -2.34. The Morgan fingerprint density at radius 1 is 1.28 bits per heavy atom. The molecule has 0 amide bonds. The van der Waals surface area contributed by atoms with Crippen molar-refractivity contribution in [3.8, 4) is 5.75 Å². The van der Waals surface area contributed by atoms with Crippen molar-refractivity contribution in [1.29, 1.82) is 0 Å². The first kappa shape index (κ1) is 18.2. The number of hydrogen-bond donors (Lipinski definition) is 1. The summed E-state index contributed by atoms with van der Waals surface area (Å²) < 4.78 is 17.4. The molecular formula is C18H25N3O3S. The van der Waals surface area contributed by atoms with Crippen molar-refractivity contribution < 1.29 is 14.2 Å². The van der Waals surface area contributed by atoms with Gasteiger partial charge in [-0.25, -0.2) is 9.97 Å². The van der Waals surface area contributed by atoms with Gasteiger partial charge in [0.05, 0.1) is 17.7 Å². The highest BCUT2D eigenvalue weighted by Crippen LogP contribution is 2.39. The van der Waals surface area contributed by atoms with Gasteiger partial charge in [-0.2, -0.15) is 11.8 Å². The third-order valence-electron chi connectivity index (χ3n) is 3.83. The monoisotopic (exact) mass is 363 g/mol. The molecule has 1 saturated heterocycles. The van der Waals surface area contributed by atoms with E-state index in [0.717, 1.165) is 40.2 Å². The van der Waals surface area contributed by atoms with E-state index in [2.05, 4.69) is 35.4 Å². The quantitative estimate of drug-likeness (QED) is 0.712. The molecule has 1 aliphatic heterocycles. The summed E-state index contributed by atoms with van der Waals surface area (Å²) in [6, 6.07) is 4.24. The van der Waals surface area contributed by atoms with Gasteiger partial charge >= 0.3 is 0 Å². The molecule has 0 spiro atoms. The number of hydrogen-bond acceptors (Lipinski definition) is 7. The van der Waals surface area contributed by atoms with Gasteiger partial charge in [-0.05, 0) is 45.3 Å². The minimum atomic E-state index is -0.401. The Kier molecular flexibility index (Phi) is 5.98. The van der Waals surface area contributed by atoms with Crippen LogP contribution in [0.25, 0.3) is 10.9 Å². The molecule has 0 atom stereocenters. The van der Waals surface area contributed by atoms with Crippen LogP contribution in [0.3, 0.4) is 0 Å². The van der Waals surface area contributed by atoms with E-state index in [1.54, 1.807) is 6.33 Å². The second kappa shape index (κ2) is 8.21. The highest BCUT2D eigenvalue weighted by atomic mass is 32.2. The molecule has 1 aromatic heterocycles. The molecule has 0 bridgehead atoms. The molecule has 3 rings (SSSR count). The maximum Gasteiger partial charge on any atom is 0.193 e. The summed E-state index contributed by atoms with van der Waals surface area (Å²) in [5.41, 5.74) is 1.73. The number of anilines is 1. The average Bonchev–Trinajstić information content (AvgIpc) is 2.55. The van der Waals surface area contributed by atoms with Crippen molar-refractivity contribution >= 4 is 28.5 Å². The van der Waals surface area contributed by atoms with Gasteiger partial charge in [-0.1, -0.05) is 0 Å². The fraction of sp³-hybridized carbons (Fsp3) is 0.556. The van der Waals surface area contributed by atoms with Crippen LogP contribution >= 0.6 is 11.8 Å². The van der Waals surface area contributed by atoms with Gasteiger partial charge in [-0.3, -0.25) is 0 Å². The van der Waals surface area contributed by atoms with Crippen molar-refractivity contribution in [1.82, 2.24) is 9.97 Å². The number of ether oxygens (including phenoxy) is 3. The van der Waals surface area contributed by atoms with Gasteiger partial charge in [0.2, 0.25) is 0 Å². The summed E-state index contributed by atoms with van der Waals surface area (Å²) in [5.74, 6) is 2.64. The summed E-state index contributed by atoms with van der Waals surface area (Å²) >= 11 is 1.82. The fourth-order valence-corrected chi connectivity index (χ4v) is 3.10. The van der Waals surface area contributed by atoms with Gasteiger partial charge in [-0.15, -0.1) is 0 Å². The minimum Gasteiger partial charge on any atom is -0.493 e. The summed E-state index contributed by atoms with van der Waals surface area (Å²) in [5, 5.41) is 4.30. The summed E-state index contributed by atoms with van der Waals surface area (Å²) in [6.07, 6.45) is 4.07. The largest absolute Gasteiger partial charge is 0.493 e. The average molecular weight is 363 g/mol. The first-order chi connectivity index (χ1) is 12.1. The molecular weight excluding hydrogens is 338 g/mol. The number of aromatic nitrogens is 2. The Labute approximate surface area is 152 Å². The zero-order valence-corrected chi connectivity index (χ0v) is 15.9. The lowest BCUT2D eigenvalue weighted by molar-refractivity contribution is -0.382. The lowest BCUT2D eigenvalue weighted by atomic mass is 10.1. The topological polar surface area (TPSA) is 65.5 Å². The Morgan fingerprint density at radius 3 is 2.76 bits per heavy atom. The van der Waals surface area contributed by atoms with Crippen LogP contribution in [-0.4, -0.2) is 40.9 Å². The van der Waals surface area contributed by atoms with E-state index in [-0.39, 0.29) is 12.3 Å². The van der Waals surface area contributed by atoms with E-state index in [4.69, 9.17) is 14.2 Å². The third kappa shape index (κ3) is 4.34. The van der Waals surface area contributed by atoms with E-state index >= 15 is 0 Å². The SMILES string of the molecule is CSCCCOc1cc2ncnc(NC(C)C)c2cc1C1OC(C)O1. The number of nitrogens with zero attached hydrogens (tertiary/aromatic N) is 2. The number of nitrogens with one attached hydrogen (secondary N) is 1. The molecule has 136 valence electrons. The molecule has 1 fully saturated rings. The molecule has 25 heavy (non-hydrogen) atoms. The van der Waals surface area contributed by atoms with Crippen molar-refractivity contribution in [2.45, 2.75) is 45.8 Å². The van der Waals surface area contributed by atoms with E-state index < -0.39 is 6.29 Å². The smallest absolute Gasteiger partial charge is 0.193 e. The van der Waals surface area contributed by atoms with E-state index in [1.165, 1.54) is 0 Å². The Hall–Kier alpha value is -1.57. The van der Waals surface area contributed by atoms with Crippen LogP contribution in [0.1, 0.15) is 39.0 Å². The number of thioether (sulfide) groups is 1. The normalized spacial score (nSPS) is 19.9. The van der Waals surface area contributed by atoms with Crippen LogP contribution in [0, 0.1) is 0 Å². The second-order valence-electron chi connectivity index (χ2n) is 6.30. The van der Waals surface area contributed by atoms with Crippen molar-refractivity contribution in [2.75, 3.05) is 23.9 Å². The number of rotatable bonds is 8. The molecule has 0 saturated carbocycles. The van der Waals surface area contributed by atoms with Gasteiger partial charge < -0.3 is 19.5 Å². The maximum atomic E-state index is 6.01. The van der Waals surface area contributed by atoms with Gasteiger partial charge in [0.25, 0.3) is 0 Å². The van der Waals surface area contributed by atoms with Crippen molar-refractivity contribution in [2.24, 2.45) is 0 Å². The van der Waals surface area contributed by atoms with Crippen LogP contribution in [0.15, 0.2) is 18.5 Å². The fourth-order valence-electron chi connectivity index (χ4n) is 2.69. The summed E-state index contributed by atoms with van der Waals surface area (Å²) in [6.45, 7) is 6.70. The number of fused-ring (bicyclic) bond motifs is 1. The van der Waals surface area contributed by atoms with Gasteiger partial charge in [0.1, 0.15) is 17.9 Å². The zero-order valence-electron chi connectivity index (χ0n) is 15.1. The molecule has 2 aromatic rings. The van der Waals surface area contributed by atoms with Crippen LogP contribution < -0.4 is 10.1 Å². The maximum absolute atomic E-state index is 6.01. The van der Waals surface area contributed by atoms with E-state index in [9.17, 15) is 0 Å². The highest BCUT2D eigenvalue weighted by Gasteiger charge is 2.31. The summed E-state index contributed by atoms with van der Waals surface area (Å²) in [4.78, 5) is 8.77.